The maximum absolute atomic E-state index is 10.5. The van der Waals surface area contributed by atoms with Gasteiger partial charge in [-0.15, -0.1) is 11.3 Å². The highest BCUT2D eigenvalue weighted by atomic mass is 79.9. The van der Waals surface area contributed by atoms with Crippen LogP contribution >= 0.6 is 27.3 Å². The molecule has 0 aliphatic carbocycles. The highest BCUT2D eigenvalue weighted by Crippen LogP contribution is 2.31. The van der Waals surface area contributed by atoms with Crippen molar-refractivity contribution in [1.29, 1.82) is 0 Å². The van der Waals surface area contributed by atoms with Gasteiger partial charge in [-0.1, -0.05) is 0 Å². The van der Waals surface area contributed by atoms with E-state index in [0.29, 0.717) is 6.42 Å². The van der Waals surface area contributed by atoms with Gasteiger partial charge in [0, 0.05) is 22.8 Å². The number of rotatable bonds is 4. The molecule has 2 rings (SSSR count). The number of carboxylic acid groups (broad SMARTS) is 1. The Bertz CT molecular complexity index is 528. The van der Waals surface area contributed by atoms with Crippen LogP contribution in [0.15, 0.2) is 29.1 Å². The zero-order valence-electron chi connectivity index (χ0n) is 8.76. The molecule has 88 valence electrons. The van der Waals surface area contributed by atoms with E-state index in [1.54, 1.807) is 12.4 Å². The highest BCUT2D eigenvalue weighted by Gasteiger charge is 2.11. The van der Waals surface area contributed by atoms with Crippen LogP contribution in [0, 0.1) is 0 Å². The zero-order valence-corrected chi connectivity index (χ0v) is 11.2. The molecule has 0 bridgehead atoms. The highest BCUT2D eigenvalue weighted by molar-refractivity contribution is 9.10. The SMILES string of the molecule is O=C(O)CCc1sc(-c2ccncc2)nc1Br. The van der Waals surface area contributed by atoms with E-state index in [1.165, 1.54) is 11.3 Å². The van der Waals surface area contributed by atoms with Crippen molar-refractivity contribution in [3.63, 3.8) is 0 Å². The molecule has 0 saturated heterocycles. The van der Waals surface area contributed by atoms with Crippen LogP contribution in [0.5, 0.6) is 0 Å². The second-order valence-corrected chi connectivity index (χ2v) is 5.20. The Morgan fingerprint density at radius 2 is 2.12 bits per heavy atom. The molecule has 17 heavy (non-hydrogen) atoms. The number of carboxylic acids is 1. The standard InChI is InChI=1S/C11H9BrN2O2S/c12-10-8(1-2-9(15)16)17-11(14-10)7-3-5-13-6-4-7/h3-6H,1-2H2,(H,15,16). The Morgan fingerprint density at radius 3 is 2.76 bits per heavy atom. The third kappa shape index (κ3) is 3.10. The summed E-state index contributed by atoms with van der Waals surface area (Å²) in [7, 11) is 0. The van der Waals surface area contributed by atoms with Crippen molar-refractivity contribution in [1.82, 2.24) is 9.97 Å². The van der Waals surface area contributed by atoms with Gasteiger partial charge >= 0.3 is 5.97 Å². The largest absolute Gasteiger partial charge is 0.481 e. The Hall–Kier alpha value is -1.27. The molecule has 2 aromatic heterocycles. The fourth-order valence-electron chi connectivity index (χ4n) is 1.33. The molecule has 1 N–H and O–H groups in total. The molecule has 0 aromatic carbocycles. The van der Waals surface area contributed by atoms with Crippen molar-refractivity contribution in [2.75, 3.05) is 0 Å². The van der Waals surface area contributed by atoms with Crippen LogP contribution in [0.4, 0.5) is 0 Å². The van der Waals surface area contributed by atoms with Gasteiger partial charge in [0.15, 0.2) is 0 Å². The Morgan fingerprint density at radius 1 is 1.41 bits per heavy atom. The van der Waals surface area contributed by atoms with Crippen LogP contribution in [0.1, 0.15) is 11.3 Å². The minimum atomic E-state index is -0.796. The molecule has 0 fully saturated rings. The summed E-state index contributed by atoms with van der Waals surface area (Å²) in [5.74, 6) is -0.796. The van der Waals surface area contributed by atoms with Gasteiger partial charge in [0.05, 0.1) is 6.42 Å². The first-order valence-electron chi connectivity index (χ1n) is 4.94. The molecular formula is C11H9BrN2O2S. The number of halogens is 1. The van der Waals surface area contributed by atoms with Gasteiger partial charge in [-0.2, -0.15) is 0 Å². The van der Waals surface area contributed by atoms with Crippen LogP contribution in [-0.2, 0) is 11.2 Å². The maximum Gasteiger partial charge on any atom is 0.303 e. The molecule has 4 nitrogen and oxygen atoms in total. The minimum Gasteiger partial charge on any atom is -0.481 e. The summed E-state index contributed by atoms with van der Waals surface area (Å²) in [6.07, 6.45) is 4.04. The van der Waals surface area contributed by atoms with Crippen molar-refractivity contribution in [2.24, 2.45) is 0 Å². The van der Waals surface area contributed by atoms with Gasteiger partial charge in [0.25, 0.3) is 0 Å². The van der Waals surface area contributed by atoms with Crippen molar-refractivity contribution in [2.45, 2.75) is 12.8 Å². The molecule has 0 spiro atoms. The number of pyridine rings is 1. The summed E-state index contributed by atoms with van der Waals surface area (Å²) in [6, 6.07) is 3.76. The molecule has 0 unspecified atom stereocenters. The van der Waals surface area contributed by atoms with Gasteiger partial charge in [-0.05, 0) is 34.5 Å². The number of nitrogens with zero attached hydrogens (tertiary/aromatic N) is 2. The van der Waals surface area contributed by atoms with E-state index in [-0.39, 0.29) is 6.42 Å². The van der Waals surface area contributed by atoms with Crippen LogP contribution in [-0.4, -0.2) is 21.0 Å². The lowest BCUT2D eigenvalue weighted by atomic mass is 10.3. The predicted molar refractivity (Wildman–Crippen MR) is 69.0 cm³/mol. The summed E-state index contributed by atoms with van der Waals surface area (Å²) in [5, 5.41) is 9.52. The van der Waals surface area contributed by atoms with E-state index in [2.05, 4.69) is 25.9 Å². The van der Waals surface area contributed by atoms with E-state index in [9.17, 15) is 4.79 Å². The smallest absolute Gasteiger partial charge is 0.303 e. The van der Waals surface area contributed by atoms with E-state index < -0.39 is 5.97 Å². The number of hydrogen-bond acceptors (Lipinski definition) is 4. The molecule has 2 aromatic rings. The molecule has 0 atom stereocenters. The summed E-state index contributed by atoms with van der Waals surface area (Å²) in [4.78, 5) is 19.8. The number of aryl methyl sites for hydroxylation is 1. The van der Waals surface area contributed by atoms with E-state index in [1.807, 2.05) is 12.1 Å². The normalized spacial score (nSPS) is 10.4. The Labute approximate surface area is 110 Å². The predicted octanol–water partition coefficient (Wildman–Crippen LogP) is 2.98. The van der Waals surface area contributed by atoms with Gasteiger partial charge in [-0.3, -0.25) is 9.78 Å². The fraction of sp³-hybridized carbons (Fsp3) is 0.182. The van der Waals surface area contributed by atoms with Crippen LogP contribution in [0.3, 0.4) is 0 Å². The molecule has 0 saturated carbocycles. The van der Waals surface area contributed by atoms with Crippen LogP contribution in [0.2, 0.25) is 0 Å². The maximum atomic E-state index is 10.5. The average Bonchev–Trinajstić information content (AvgIpc) is 2.69. The third-order valence-corrected chi connectivity index (χ3v) is 4.23. The second kappa shape index (κ2) is 5.37. The van der Waals surface area contributed by atoms with E-state index in [4.69, 9.17) is 5.11 Å². The first-order chi connectivity index (χ1) is 8.16. The molecule has 6 heteroatoms. The third-order valence-electron chi connectivity index (χ3n) is 2.14. The van der Waals surface area contributed by atoms with Crippen molar-refractivity contribution in [3.8, 4) is 10.6 Å². The lowest BCUT2D eigenvalue weighted by Crippen LogP contribution is -1.96. The zero-order chi connectivity index (χ0) is 12.3. The van der Waals surface area contributed by atoms with Crippen molar-refractivity contribution >= 4 is 33.2 Å². The quantitative estimate of drug-likeness (QED) is 0.942. The number of aliphatic carboxylic acids is 1. The van der Waals surface area contributed by atoms with Gasteiger partial charge < -0.3 is 5.11 Å². The fourth-order valence-corrected chi connectivity index (χ4v) is 3.02. The molecule has 2 heterocycles. The van der Waals surface area contributed by atoms with Crippen LogP contribution < -0.4 is 0 Å². The Kier molecular flexibility index (Phi) is 3.86. The van der Waals surface area contributed by atoms with Crippen LogP contribution in [0.25, 0.3) is 10.6 Å². The second-order valence-electron chi connectivity index (χ2n) is 3.36. The summed E-state index contributed by atoms with van der Waals surface area (Å²) in [6.45, 7) is 0. The van der Waals surface area contributed by atoms with Crippen molar-refractivity contribution < 1.29 is 9.90 Å². The number of hydrogen-bond donors (Lipinski definition) is 1. The number of carbonyl (C=O) groups is 1. The van der Waals surface area contributed by atoms with Gasteiger partial charge in [0.1, 0.15) is 9.61 Å². The van der Waals surface area contributed by atoms with E-state index >= 15 is 0 Å². The van der Waals surface area contributed by atoms with Crippen molar-refractivity contribution in [3.05, 3.63) is 34.0 Å². The lowest BCUT2D eigenvalue weighted by molar-refractivity contribution is -0.136. The molecule has 0 aliphatic rings. The monoisotopic (exact) mass is 312 g/mol. The topological polar surface area (TPSA) is 63.1 Å². The number of aromatic nitrogens is 2. The first kappa shape index (κ1) is 12.2. The van der Waals surface area contributed by atoms with Gasteiger partial charge in [0.2, 0.25) is 0 Å². The van der Waals surface area contributed by atoms with E-state index in [0.717, 1.165) is 20.1 Å². The summed E-state index contributed by atoms with van der Waals surface area (Å²) in [5.41, 5.74) is 0.993. The molecule has 0 aliphatic heterocycles. The first-order valence-corrected chi connectivity index (χ1v) is 6.55. The average molecular weight is 313 g/mol. The van der Waals surface area contributed by atoms with Gasteiger partial charge in [-0.25, -0.2) is 4.98 Å². The number of thiazole rings is 1. The summed E-state index contributed by atoms with van der Waals surface area (Å²) < 4.78 is 0.732. The molecular weight excluding hydrogens is 304 g/mol. The Balaban J connectivity index is 2.22. The summed E-state index contributed by atoms with van der Waals surface area (Å²) >= 11 is 4.86. The molecule has 0 radical (unpaired) electrons. The molecule has 0 amide bonds. The lowest BCUT2D eigenvalue weighted by Gasteiger charge is -1.93. The minimum absolute atomic E-state index is 0.122.